The molecule has 0 amide bonds. The normalized spacial score (nSPS) is 22.2. The van der Waals surface area contributed by atoms with Crippen LogP contribution in [0.25, 0.3) is 0 Å². The standard InChI is InChI=1S/C19H23NO5S2/c1-14-8-9-15(2)19(10-14)27(24,25)20(11-16-6-4-3-5-7-16)17-12-26(22,23)13-18(17)21/h3-10,17-18,21H,11-13H2,1-2H3/t17-,18-/m0/s1. The van der Waals surface area contributed by atoms with Crippen LogP contribution in [-0.4, -0.2) is 49.9 Å². The van der Waals surface area contributed by atoms with Gasteiger partial charge in [0.15, 0.2) is 9.84 Å². The van der Waals surface area contributed by atoms with Gasteiger partial charge in [-0.25, -0.2) is 16.8 Å². The molecule has 0 aromatic heterocycles. The highest BCUT2D eigenvalue weighted by Gasteiger charge is 2.45. The monoisotopic (exact) mass is 409 g/mol. The second kappa shape index (κ2) is 7.35. The Labute approximate surface area is 160 Å². The Bertz CT molecular complexity index is 1030. The molecule has 1 saturated heterocycles. The molecule has 0 saturated carbocycles. The summed E-state index contributed by atoms with van der Waals surface area (Å²) in [5, 5.41) is 10.3. The molecular weight excluding hydrogens is 386 g/mol. The molecule has 0 unspecified atom stereocenters. The van der Waals surface area contributed by atoms with Gasteiger partial charge in [-0.05, 0) is 36.6 Å². The number of nitrogens with zero attached hydrogens (tertiary/aromatic N) is 1. The lowest BCUT2D eigenvalue weighted by Crippen LogP contribution is -2.46. The number of aliphatic hydroxyl groups excluding tert-OH is 1. The summed E-state index contributed by atoms with van der Waals surface area (Å²) in [4.78, 5) is 0.134. The Balaban J connectivity index is 2.10. The summed E-state index contributed by atoms with van der Waals surface area (Å²) in [5.41, 5.74) is 2.09. The predicted octanol–water partition coefficient (Wildman–Crippen LogP) is 1.65. The lowest BCUT2D eigenvalue weighted by molar-refractivity contribution is 0.125. The molecule has 8 heteroatoms. The first-order chi connectivity index (χ1) is 12.6. The van der Waals surface area contributed by atoms with E-state index in [0.29, 0.717) is 5.56 Å². The van der Waals surface area contributed by atoms with Crippen LogP contribution in [0.3, 0.4) is 0 Å². The lowest BCUT2D eigenvalue weighted by Gasteiger charge is -2.30. The third-order valence-corrected chi connectivity index (χ3v) is 8.49. The maximum absolute atomic E-state index is 13.5. The summed E-state index contributed by atoms with van der Waals surface area (Å²) in [6, 6.07) is 13.1. The fraction of sp³-hybridized carbons (Fsp3) is 0.368. The Morgan fingerprint density at radius 1 is 1.07 bits per heavy atom. The molecule has 1 aliphatic heterocycles. The second-order valence-electron chi connectivity index (χ2n) is 7.02. The molecule has 27 heavy (non-hydrogen) atoms. The molecular formula is C19H23NO5S2. The molecule has 1 aliphatic rings. The number of hydrogen-bond donors (Lipinski definition) is 1. The van der Waals surface area contributed by atoms with Crippen molar-refractivity contribution in [3.05, 3.63) is 65.2 Å². The molecule has 2 aromatic rings. The van der Waals surface area contributed by atoms with Crippen LogP contribution in [0, 0.1) is 13.8 Å². The Morgan fingerprint density at radius 2 is 1.74 bits per heavy atom. The highest BCUT2D eigenvalue weighted by atomic mass is 32.2. The number of aliphatic hydroxyl groups is 1. The Morgan fingerprint density at radius 3 is 2.33 bits per heavy atom. The van der Waals surface area contributed by atoms with Crippen LogP contribution in [0.1, 0.15) is 16.7 Å². The van der Waals surface area contributed by atoms with E-state index in [0.717, 1.165) is 15.4 Å². The molecule has 146 valence electrons. The van der Waals surface area contributed by atoms with E-state index in [4.69, 9.17) is 0 Å². The third-order valence-electron chi connectivity index (χ3n) is 4.77. The minimum atomic E-state index is -4.01. The van der Waals surface area contributed by atoms with E-state index < -0.39 is 37.8 Å². The van der Waals surface area contributed by atoms with Gasteiger partial charge in [0, 0.05) is 6.54 Å². The van der Waals surface area contributed by atoms with Crippen molar-refractivity contribution < 1.29 is 21.9 Å². The van der Waals surface area contributed by atoms with Crippen LogP contribution in [0.2, 0.25) is 0 Å². The van der Waals surface area contributed by atoms with Crippen molar-refractivity contribution >= 4 is 19.9 Å². The number of benzene rings is 2. The van der Waals surface area contributed by atoms with E-state index >= 15 is 0 Å². The van der Waals surface area contributed by atoms with Crippen molar-refractivity contribution in [3.63, 3.8) is 0 Å². The maximum atomic E-state index is 13.5. The van der Waals surface area contributed by atoms with Gasteiger partial charge in [0.2, 0.25) is 10.0 Å². The topological polar surface area (TPSA) is 91.8 Å². The van der Waals surface area contributed by atoms with Crippen LogP contribution in [0.5, 0.6) is 0 Å². The predicted molar refractivity (Wildman–Crippen MR) is 104 cm³/mol. The first-order valence-electron chi connectivity index (χ1n) is 8.62. The number of sulfonamides is 1. The van der Waals surface area contributed by atoms with E-state index in [-0.39, 0.29) is 17.2 Å². The molecule has 1 fully saturated rings. The van der Waals surface area contributed by atoms with E-state index in [1.54, 1.807) is 50.2 Å². The largest absolute Gasteiger partial charge is 0.390 e. The quantitative estimate of drug-likeness (QED) is 0.811. The minimum absolute atomic E-state index is 0.00615. The zero-order valence-electron chi connectivity index (χ0n) is 15.2. The number of sulfone groups is 1. The molecule has 0 aliphatic carbocycles. The highest BCUT2D eigenvalue weighted by Crippen LogP contribution is 2.29. The van der Waals surface area contributed by atoms with E-state index in [1.165, 1.54) is 0 Å². The fourth-order valence-corrected chi connectivity index (χ4v) is 7.19. The van der Waals surface area contributed by atoms with Crippen molar-refractivity contribution in [1.29, 1.82) is 0 Å². The van der Waals surface area contributed by atoms with Gasteiger partial charge in [0.05, 0.1) is 28.5 Å². The van der Waals surface area contributed by atoms with Crippen molar-refractivity contribution in [2.75, 3.05) is 11.5 Å². The molecule has 3 rings (SSSR count). The third kappa shape index (κ3) is 4.24. The molecule has 2 atom stereocenters. The van der Waals surface area contributed by atoms with Crippen molar-refractivity contribution in [3.8, 4) is 0 Å². The molecule has 0 radical (unpaired) electrons. The van der Waals surface area contributed by atoms with Crippen LogP contribution in [-0.2, 0) is 26.4 Å². The van der Waals surface area contributed by atoms with Crippen molar-refractivity contribution in [2.24, 2.45) is 0 Å². The van der Waals surface area contributed by atoms with Gasteiger partial charge in [-0.3, -0.25) is 0 Å². The van der Waals surface area contributed by atoms with Crippen LogP contribution in [0.15, 0.2) is 53.4 Å². The summed E-state index contributed by atoms with van der Waals surface area (Å²) in [5.74, 6) is -0.809. The van der Waals surface area contributed by atoms with Gasteiger partial charge in [-0.2, -0.15) is 4.31 Å². The Kier molecular flexibility index (Phi) is 5.45. The zero-order valence-corrected chi connectivity index (χ0v) is 16.9. The van der Waals surface area contributed by atoms with Crippen molar-refractivity contribution in [1.82, 2.24) is 4.31 Å². The molecule has 6 nitrogen and oxygen atoms in total. The van der Waals surface area contributed by atoms with Crippen LogP contribution in [0.4, 0.5) is 0 Å². The number of rotatable bonds is 5. The molecule has 0 spiro atoms. The smallest absolute Gasteiger partial charge is 0.244 e. The first kappa shape index (κ1) is 20.0. The average molecular weight is 410 g/mol. The van der Waals surface area contributed by atoms with Crippen molar-refractivity contribution in [2.45, 2.75) is 37.4 Å². The number of hydrogen-bond acceptors (Lipinski definition) is 5. The molecule has 1 heterocycles. The second-order valence-corrected chi connectivity index (χ2v) is 11.0. The molecule has 2 aromatic carbocycles. The Hall–Kier alpha value is -1.74. The van der Waals surface area contributed by atoms with Gasteiger partial charge in [-0.15, -0.1) is 0 Å². The van der Waals surface area contributed by atoms with Gasteiger partial charge >= 0.3 is 0 Å². The van der Waals surface area contributed by atoms with Gasteiger partial charge in [0.1, 0.15) is 0 Å². The summed E-state index contributed by atoms with van der Waals surface area (Å²) in [6.07, 6.45) is -1.25. The number of aryl methyl sites for hydroxylation is 2. The maximum Gasteiger partial charge on any atom is 0.244 e. The van der Waals surface area contributed by atoms with Gasteiger partial charge in [-0.1, -0.05) is 42.5 Å². The molecule has 1 N–H and O–H groups in total. The average Bonchev–Trinajstić information content (AvgIpc) is 2.87. The first-order valence-corrected chi connectivity index (χ1v) is 11.9. The van der Waals surface area contributed by atoms with E-state index in [1.807, 2.05) is 12.1 Å². The fourth-order valence-electron chi connectivity index (χ4n) is 3.34. The summed E-state index contributed by atoms with van der Waals surface area (Å²) in [6.45, 7) is 3.50. The molecule has 0 bridgehead atoms. The van der Waals surface area contributed by atoms with Crippen LogP contribution >= 0.6 is 0 Å². The highest BCUT2D eigenvalue weighted by molar-refractivity contribution is 7.92. The zero-order chi connectivity index (χ0) is 19.8. The summed E-state index contributed by atoms with van der Waals surface area (Å²) < 4.78 is 52.1. The summed E-state index contributed by atoms with van der Waals surface area (Å²) in [7, 11) is -7.51. The lowest BCUT2D eigenvalue weighted by atomic mass is 10.2. The van der Waals surface area contributed by atoms with E-state index in [9.17, 15) is 21.9 Å². The summed E-state index contributed by atoms with van der Waals surface area (Å²) >= 11 is 0. The van der Waals surface area contributed by atoms with Gasteiger partial charge in [0.25, 0.3) is 0 Å². The van der Waals surface area contributed by atoms with Crippen LogP contribution < -0.4 is 0 Å². The van der Waals surface area contributed by atoms with Gasteiger partial charge < -0.3 is 5.11 Å². The van der Waals surface area contributed by atoms with E-state index in [2.05, 4.69) is 0 Å². The SMILES string of the molecule is Cc1ccc(C)c(S(=O)(=O)N(Cc2ccccc2)[C@H]2CS(=O)(=O)C[C@@H]2O)c1. The minimum Gasteiger partial charge on any atom is -0.390 e.